The van der Waals surface area contributed by atoms with E-state index in [4.69, 9.17) is 0 Å². The Morgan fingerprint density at radius 2 is 2.33 bits per heavy atom. The second kappa shape index (κ2) is 5.69. The van der Waals surface area contributed by atoms with Gasteiger partial charge < -0.3 is 10.3 Å². The highest BCUT2D eigenvalue weighted by atomic mass is 16.6. The van der Waals surface area contributed by atoms with Crippen molar-refractivity contribution in [3.8, 4) is 0 Å². The van der Waals surface area contributed by atoms with Gasteiger partial charge in [-0.05, 0) is 37.4 Å². The number of nitrogens with one attached hydrogen (secondary N) is 2. The predicted octanol–water partition coefficient (Wildman–Crippen LogP) is 3.62. The summed E-state index contributed by atoms with van der Waals surface area (Å²) < 4.78 is 0. The Morgan fingerprint density at radius 3 is 3.00 bits per heavy atom. The van der Waals surface area contributed by atoms with Crippen LogP contribution in [0.2, 0.25) is 0 Å². The van der Waals surface area contributed by atoms with Crippen LogP contribution >= 0.6 is 0 Å². The van der Waals surface area contributed by atoms with Gasteiger partial charge in [-0.3, -0.25) is 10.1 Å². The number of rotatable bonds is 4. The Bertz CT molecular complexity index is 703. The number of nitrogens with zero attached hydrogens (tertiary/aromatic N) is 1. The summed E-state index contributed by atoms with van der Waals surface area (Å²) in [6.45, 7) is 3.14. The summed E-state index contributed by atoms with van der Waals surface area (Å²) in [7, 11) is 0. The van der Waals surface area contributed by atoms with Crippen LogP contribution in [0.3, 0.4) is 0 Å². The first-order chi connectivity index (χ1) is 10.2. The molecule has 0 saturated carbocycles. The number of nitro benzene ring substituents is 1. The van der Waals surface area contributed by atoms with Crippen LogP contribution in [0, 0.1) is 10.1 Å². The molecule has 1 aromatic heterocycles. The molecule has 1 unspecified atom stereocenters. The van der Waals surface area contributed by atoms with Crippen molar-refractivity contribution in [2.24, 2.45) is 0 Å². The molecule has 110 valence electrons. The molecule has 1 aliphatic rings. The lowest BCUT2D eigenvalue weighted by Gasteiger charge is -2.22. The van der Waals surface area contributed by atoms with Crippen LogP contribution in [0.25, 0.3) is 16.5 Å². The minimum atomic E-state index is -0.360. The average molecular weight is 285 g/mol. The first-order valence-corrected chi connectivity index (χ1v) is 7.37. The van der Waals surface area contributed by atoms with Crippen molar-refractivity contribution in [3.05, 3.63) is 46.1 Å². The van der Waals surface area contributed by atoms with Crippen LogP contribution in [0.1, 0.15) is 31.7 Å². The molecule has 2 N–H and O–H groups in total. The average Bonchev–Trinajstić information content (AvgIpc) is 2.91. The van der Waals surface area contributed by atoms with E-state index >= 15 is 0 Å². The van der Waals surface area contributed by atoms with Crippen LogP contribution in [-0.2, 0) is 0 Å². The van der Waals surface area contributed by atoms with Gasteiger partial charge in [-0.25, -0.2) is 0 Å². The normalized spacial score (nSPS) is 18.7. The maximum atomic E-state index is 10.8. The van der Waals surface area contributed by atoms with Crippen LogP contribution in [0.4, 0.5) is 5.69 Å². The third kappa shape index (κ3) is 2.69. The van der Waals surface area contributed by atoms with Gasteiger partial charge >= 0.3 is 0 Å². The van der Waals surface area contributed by atoms with Crippen LogP contribution in [0.5, 0.6) is 0 Å². The molecule has 0 radical (unpaired) electrons. The fraction of sp³-hybridized carbons (Fsp3) is 0.375. The molecule has 21 heavy (non-hydrogen) atoms. The monoisotopic (exact) mass is 285 g/mol. The van der Waals surface area contributed by atoms with Crippen molar-refractivity contribution >= 4 is 22.2 Å². The molecule has 0 amide bonds. The molecule has 1 atom stereocenters. The lowest BCUT2D eigenvalue weighted by molar-refractivity contribution is -0.384. The van der Waals surface area contributed by atoms with E-state index in [1.54, 1.807) is 12.1 Å². The van der Waals surface area contributed by atoms with Crippen LogP contribution in [-0.4, -0.2) is 22.5 Å². The zero-order valence-electron chi connectivity index (χ0n) is 12.1. The largest absolute Gasteiger partial charge is 0.360 e. The maximum absolute atomic E-state index is 10.8. The van der Waals surface area contributed by atoms with E-state index in [0.717, 1.165) is 36.7 Å². The predicted molar refractivity (Wildman–Crippen MR) is 84.2 cm³/mol. The molecule has 0 fully saturated rings. The first-order valence-electron chi connectivity index (χ1n) is 7.37. The van der Waals surface area contributed by atoms with Crippen molar-refractivity contribution in [2.75, 3.05) is 6.54 Å². The van der Waals surface area contributed by atoms with E-state index in [2.05, 4.69) is 23.3 Å². The molecule has 0 saturated heterocycles. The number of nitro groups is 1. The number of H-pyrrole nitrogens is 1. The first kappa shape index (κ1) is 13.8. The Kier molecular flexibility index (Phi) is 3.75. The summed E-state index contributed by atoms with van der Waals surface area (Å²) in [5.41, 5.74) is 3.47. The van der Waals surface area contributed by atoms with E-state index in [1.165, 1.54) is 11.1 Å². The smallest absolute Gasteiger partial charge is 0.271 e. The minimum Gasteiger partial charge on any atom is -0.360 e. The van der Waals surface area contributed by atoms with Crippen molar-refractivity contribution in [1.82, 2.24) is 10.3 Å². The topological polar surface area (TPSA) is 71.0 Å². The van der Waals surface area contributed by atoms with Gasteiger partial charge in [0.1, 0.15) is 0 Å². The Morgan fingerprint density at radius 1 is 1.48 bits per heavy atom. The fourth-order valence-electron chi connectivity index (χ4n) is 3.05. The molecule has 0 aliphatic heterocycles. The summed E-state index contributed by atoms with van der Waals surface area (Å²) >= 11 is 0. The second-order valence-electron chi connectivity index (χ2n) is 5.45. The standard InChI is InChI=1S/C16H19N3O2/c1-2-17-12-5-3-11(4-6-12)15-10-18-16-9-13(19(20)21)7-8-14(15)16/h3,7-10,12,17-18H,2,4-6H2,1H3. The summed E-state index contributed by atoms with van der Waals surface area (Å²) in [4.78, 5) is 13.6. The molecule has 1 heterocycles. The van der Waals surface area contributed by atoms with Gasteiger partial charge in [0, 0.05) is 35.3 Å². The molecule has 5 heteroatoms. The van der Waals surface area contributed by atoms with Crippen molar-refractivity contribution < 1.29 is 4.92 Å². The number of allylic oxidation sites excluding steroid dienone is 1. The molecule has 2 aromatic rings. The Labute approximate surface area is 123 Å². The molecule has 3 rings (SSSR count). The molecule has 0 spiro atoms. The third-order valence-electron chi connectivity index (χ3n) is 4.13. The molecule has 5 nitrogen and oxygen atoms in total. The van der Waals surface area contributed by atoms with Gasteiger partial charge in [0.05, 0.1) is 10.4 Å². The number of aromatic amines is 1. The van der Waals surface area contributed by atoms with Gasteiger partial charge in [0.2, 0.25) is 0 Å². The second-order valence-corrected chi connectivity index (χ2v) is 5.45. The Balaban J connectivity index is 1.90. The highest BCUT2D eigenvalue weighted by molar-refractivity contribution is 5.93. The number of aromatic nitrogens is 1. The lowest BCUT2D eigenvalue weighted by atomic mass is 9.90. The fourth-order valence-corrected chi connectivity index (χ4v) is 3.05. The van der Waals surface area contributed by atoms with E-state index in [-0.39, 0.29) is 10.6 Å². The lowest BCUT2D eigenvalue weighted by Crippen LogP contribution is -2.29. The maximum Gasteiger partial charge on any atom is 0.271 e. The summed E-state index contributed by atoms with van der Waals surface area (Å²) in [5, 5.41) is 15.4. The third-order valence-corrected chi connectivity index (χ3v) is 4.13. The van der Waals surface area contributed by atoms with Gasteiger partial charge in [0.15, 0.2) is 0 Å². The van der Waals surface area contributed by atoms with Gasteiger partial charge in [0.25, 0.3) is 5.69 Å². The van der Waals surface area contributed by atoms with Gasteiger partial charge in [-0.2, -0.15) is 0 Å². The number of hydrogen-bond acceptors (Lipinski definition) is 3. The molecule has 1 aromatic carbocycles. The molecular formula is C16H19N3O2. The number of benzene rings is 1. The van der Waals surface area contributed by atoms with Crippen LogP contribution < -0.4 is 5.32 Å². The SMILES string of the molecule is CCNC1CC=C(c2c[nH]c3cc([N+](=O)[O-])ccc23)CC1. The quantitative estimate of drug-likeness (QED) is 0.665. The molecule has 0 bridgehead atoms. The van der Waals surface area contributed by atoms with E-state index < -0.39 is 0 Å². The van der Waals surface area contributed by atoms with E-state index in [9.17, 15) is 10.1 Å². The van der Waals surface area contributed by atoms with Crippen molar-refractivity contribution in [1.29, 1.82) is 0 Å². The number of fused-ring (bicyclic) bond motifs is 1. The molecular weight excluding hydrogens is 266 g/mol. The zero-order valence-corrected chi connectivity index (χ0v) is 12.1. The highest BCUT2D eigenvalue weighted by Gasteiger charge is 2.17. The summed E-state index contributed by atoms with van der Waals surface area (Å²) in [6, 6.07) is 5.59. The van der Waals surface area contributed by atoms with E-state index in [0.29, 0.717) is 6.04 Å². The van der Waals surface area contributed by atoms with Crippen molar-refractivity contribution in [3.63, 3.8) is 0 Å². The zero-order chi connectivity index (χ0) is 14.8. The Hall–Kier alpha value is -2.14. The minimum absolute atomic E-state index is 0.126. The van der Waals surface area contributed by atoms with Gasteiger partial charge in [-0.15, -0.1) is 0 Å². The summed E-state index contributed by atoms with van der Waals surface area (Å²) in [5.74, 6) is 0. The number of hydrogen-bond donors (Lipinski definition) is 2. The molecule has 1 aliphatic carbocycles. The highest BCUT2D eigenvalue weighted by Crippen LogP contribution is 2.33. The number of non-ortho nitro benzene ring substituents is 1. The summed E-state index contributed by atoms with van der Waals surface area (Å²) in [6.07, 6.45) is 7.48. The van der Waals surface area contributed by atoms with E-state index in [1.807, 2.05) is 12.3 Å². The van der Waals surface area contributed by atoms with Crippen LogP contribution in [0.15, 0.2) is 30.5 Å². The van der Waals surface area contributed by atoms with Gasteiger partial charge in [-0.1, -0.05) is 13.0 Å². The van der Waals surface area contributed by atoms with Crippen molar-refractivity contribution in [2.45, 2.75) is 32.2 Å².